The summed E-state index contributed by atoms with van der Waals surface area (Å²) >= 11 is 3.18. The normalized spacial score (nSPS) is 29.6. The summed E-state index contributed by atoms with van der Waals surface area (Å²) in [5.74, 6) is -3.04. The third kappa shape index (κ3) is 2.48. The zero-order valence-corrected chi connectivity index (χ0v) is 12.5. The molecule has 2 N–H and O–H groups in total. The molecule has 1 fully saturated rings. The minimum atomic E-state index is -0.940. The number of carbonyl (C=O) groups is 2. The van der Waals surface area contributed by atoms with Crippen LogP contribution in [0.1, 0.15) is 6.42 Å². The van der Waals surface area contributed by atoms with Crippen LogP contribution in [0.25, 0.3) is 0 Å². The molecule has 2 bridgehead atoms. The van der Waals surface area contributed by atoms with E-state index in [1.165, 1.54) is 18.2 Å². The van der Waals surface area contributed by atoms with Crippen molar-refractivity contribution in [3.05, 3.63) is 40.6 Å². The minimum Gasteiger partial charge on any atom is -0.481 e. The van der Waals surface area contributed by atoms with E-state index < -0.39 is 23.6 Å². The second kappa shape index (κ2) is 5.26. The summed E-state index contributed by atoms with van der Waals surface area (Å²) in [7, 11) is 0. The number of aliphatic carboxylic acids is 1. The Bertz CT molecular complexity index is 646. The quantitative estimate of drug-likeness (QED) is 0.820. The number of carboxylic acids is 1. The van der Waals surface area contributed by atoms with Crippen LogP contribution in [0.3, 0.4) is 0 Å². The van der Waals surface area contributed by atoms with Gasteiger partial charge < -0.3 is 10.4 Å². The second-order valence-electron chi connectivity index (χ2n) is 5.45. The molecular formula is C15H13BrFNO3. The SMILES string of the molecule is O=C(O)[C@@H]1C2C=CC(C2)[C@@H]1C(=O)Nc1ccc(F)cc1Br. The lowest BCUT2D eigenvalue weighted by atomic mass is 9.82. The average Bonchev–Trinajstić information content (AvgIpc) is 3.02. The summed E-state index contributed by atoms with van der Waals surface area (Å²) in [6.07, 6.45) is 4.52. The number of fused-ring (bicyclic) bond motifs is 2. The first-order valence-electron chi connectivity index (χ1n) is 6.64. The van der Waals surface area contributed by atoms with Gasteiger partial charge in [-0.25, -0.2) is 4.39 Å². The van der Waals surface area contributed by atoms with Gasteiger partial charge >= 0.3 is 5.97 Å². The number of carboxylic acid groups (broad SMARTS) is 1. The molecule has 0 heterocycles. The standard InChI is InChI=1S/C15H13BrFNO3/c16-10-6-9(17)3-4-11(10)18-14(19)12-7-1-2-8(5-7)13(12)15(20)21/h1-4,6-8,12-13H,5H2,(H,18,19)(H,20,21)/t7?,8?,12-,13+/m0/s1. The van der Waals surface area contributed by atoms with Crippen LogP contribution in [-0.4, -0.2) is 17.0 Å². The Kier molecular flexibility index (Phi) is 3.57. The van der Waals surface area contributed by atoms with Gasteiger partial charge in [0.2, 0.25) is 5.91 Å². The number of amides is 1. The van der Waals surface area contributed by atoms with Crippen molar-refractivity contribution >= 4 is 33.5 Å². The van der Waals surface area contributed by atoms with Crippen molar-refractivity contribution in [1.29, 1.82) is 0 Å². The highest BCUT2D eigenvalue weighted by Gasteiger charge is 2.51. The molecule has 0 spiro atoms. The molecule has 1 amide bonds. The Hall–Kier alpha value is -1.69. The maximum atomic E-state index is 13.0. The van der Waals surface area contributed by atoms with Gasteiger partial charge in [0.1, 0.15) is 5.82 Å². The fourth-order valence-corrected chi connectivity index (χ4v) is 3.77. The van der Waals surface area contributed by atoms with E-state index in [9.17, 15) is 19.1 Å². The van der Waals surface area contributed by atoms with E-state index >= 15 is 0 Å². The van der Waals surface area contributed by atoms with Crippen molar-refractivity contribution in [3.8, 4) is 0 Å². The van der Waals surface area contributed by atoms with E-state index in [-0.39, 0.29) is 17.7 Å². The van der Waals surface area contributed by atoms with E-state index in [1.807, 2.05) is 12.2 Å². The van der Waals surface area contributed by atoms with Crippen molar-refractivity contribution in [2.75, 3.05) is 5.32 Å². The first-order chi connectivity index (χ1) is 9.97. The number of rotatable bonds is 3. The molecular weight excluding hydrogens is 341 g/mol. The minimum absolute atomic E-state index is 0.0321. The van der Waals surface area contributed by atoms with Gasteiger partial charge in [0.05, 0.1) is 17.5 Å². The molecule has 0 saturated heterocycles. The van der Waals surface area contributed by atoms with E-state index in [4.69, 9.17) is 0 Å². The van der Waals surface area contributed by atoms with Gasteiger partial charge in [0.25, 0.3) is 0 Å². The molecule has 1 aromatic carbocycles. The predicted octanol–water partition coefficient (Wildman–Crippen LogP) is 3.05. The van der Waals surface area contributed by atoms with Gasteiger partial charge in [0, 0.05) is 4.47 Å². The lowest BCUT2D eigenvalue weighted by Crippen LogP contribution is -2.36. The molecule has 2 unspecified atom stereocenters. The van der Waals surface area contributed by atoms with Crippen LogP contribution in [0.5, 0.6) is 0 Å². The molecule has 21 heavy (non-hydrogen) atoms. The third-order valence-electron chi connectivity index (χ3n) is 4.24. The lowest BCUT2D eigenvalue weighted by molar-refractivity contribution is -0.146. The van der Waals surface area contributed by atoms with Gasteiger partial charge in [-0.2, -0.15) is 0 Å². The summed E-state index contributed by atoms with van der Waals surface area (Å²) in [4.78, 5) is 23.8. The number of benzene rings is 1. The highest BCUT2D eigenvalue weighted by molar-refractivity contribution is 9.10. The summed E-state index contributed by atoms with van der Waals surface area (Å²) in [5.41, 5.74) is 0.442. The summed E-state index contributed by atoms with van der Waals surface area (Å²) in [5, 5.41) is 12.0. The van der Waals surface area contributed by atoms with Crippen LogP contribution in [0.4, 0.5) is 10.1 Å². The largest absolute Gasteiger partial charge is 0.481 e. The predicted molar refractivity (Wildman–Crippen MR) is 78.1 cm³/mol. The molecule has 4 atom stereocenters. The van der Waals surface area contributed by atoms with E-state index in [2.05, 4.69) is 21.2 Å². The molecule has 0 aliphatic heterocycles. The first-order valence-corrected chi connectivity index (χ1v) is 7.43. The molecule has 110 valence electrons. The maximum absolute atomic E-state index is 13.0. The van der Waals surface area contributed by atoms with Crippen LogP contribution < -0.4 is 5.32 Å². The van der Waals surface area contributed by atoms with Gasteiger partial charge in [-0.1, -0.05) is 12.2 Å². The smallest absolute Gasteiger partial charge is 0.307 e. The lowest BCUT2D eigenvalue weighted by Gasteiger charge is -2.24. The number of anilines is 1. The Balaban J connectivity index is 1.82. The molecule has 4 nitrogen and oxygen atoms in total. The van der Waals surface area contributed by atoms with Crippen LogP contribution in [0.15, 0.2) is 34.8 Å². The van der Waals surface area contributed by atoms with Crippen molar-refractivity contribution < 1.29 is 19.1 Å². The number of carbonyl (C=O) groups excluding carboxylic acids is 1. The maximum Gasteiger partial charge on any atom is 0.307 e. The van der Waals surface area contributed by atoms with Crippen molar-refractivity contribution in [3.63, 3.8) is 0 Å². The molecule has 0 aromatic heterocycles. The Morgan fingerprint density at radius 1 is 1.24 bits per heavy atom. The molecule has 2 aliphatic rings. The van der Waals surface area contributed by atoms with Crippen molar-refractivity contribution in [2.45, 2.75) is 6.42 Å². The van der Waals surface area contributed by atoms with Crippen molar-refractivity contribution in [2.24, 2.45) is 23.7 Å². The van der Waals surface area contributed by atoms with E-state index in [1.54, 1.807) is 0 Å². The molecule has 1 aromatic rings. The molecule has 0 radical (unpaired) electrons. The van der Waals surface area contributed by atoms with Gasteiger partial charge in [0.15, 0.2) is 0 Å². The van der Waals surface area contributed by atoms with E-state index in [0.717, 1.165) is 0 Å². The second-order valence-corrected chi connectivity index (χ2v) is 6.31. The topological polar surface area (TPSA) is 66.4 Å². The van der Waals surface area contributed by atoms with Crippen molar-refractivity contribution in [1.82, 2.24) is 0 Å². The fraction of sp³-hybridized carbons (Fsp3) is 0.333. The third-order valence-corrected chi connectivity index (χ3v) is 4.89. The van der Waals surface area contributed by atoms with Gasteiger partial charge in [-0.05, 0) is 52.4 Å². The summed E-state index contributed by atoms with van der Waals surface area (Å²) in [6, 6.07) is 3.96. The Morgan fingerprint density at radius 2 is 1.90 bits per heavy atom. The zero-order chi connectivity index (χ0) is 15.1. The zero-order valence-electron chi connectivity index (χ0n) is 10.9. The number of hydrogen-bond donors (Lipinski definition) is 2. The Morgan fingerprint density at radius 3 is 2.52 bits per heavy atom. The number of allylic oxidation sites excluding steroid dienone is 2. The van der Waals surface area contributed by atoms with Gasteiger partial charge in [-0.15, -0.1) is 0 Å². The highest BCUT2D eigenvalue weighted by atomic mass is 79.9. The number of nitrogens with one attached hydrogen (secondary N) is 1. The molecule has 3 rings (SSSR count). The van der Waals surface area contributed by atoms with Crippen LogP contribution in [0, 0.1) is 29.5 Å². The molecule has 6 heteroatoms. The first kappa shape index (κ1) is 14.3. The summed E-state index contributed by atoms with van der Waals surface area (Å²) in [6.45, 7) is 0. The van der Waals surface area contributed by atoms with Gasteiger partial charge in [-0.3, -0.25) is 9.59 Å². The Labute approximate surface area is 129 Å². The van der Waals surface area contributed by atoms with Crippen LogP contribution in [-0.2, 0) is 9.59 Å². The summed E-state index contributed by atoms with van der Waals surface area (Å²) < 4.78 is 13.5. The number of hydrogen-bond acceptors (Lipinski definition) is 2. The van der Waals surface area contributed by atoms with E-state index in [0.29, 0.717) is 16.6 Å². The average molecular weight is 354 g/mol. The number of halogens is 2. The molecule has 1 saturated carbocycles. The monoisotopic (exact) mass is 353 g/mol. The van der Waals surface area contributed by atoms with Crippen LogP contribution in [0.2, 0.25) is 0 Å². The van der Waals surface area contributed by atoms with Crippen LogP contribution >= 0.6 is 15.9 Å². The highest BCUT2D eigenvalue weighted by Crippen LogP contribution is 2.48. The molecule has 2 aliphatic carbocycles. The fourth-order valence-electron chi connectivity index (χ4n) is 3.32.